The monoisotopic (exact) mass is 286 g/mol. The van der Waals surface area contributed by atoms with Crippen LogP contribution in [-0.2, 0) is 0 Å². The van der Waals surface area contributed by atoms with Gasteiger partial charge < -0.3 is 4.90 Å². The molecule has 1 fully saturated rings. The van der Waals surface area contributed by atoms with E-state index in [9.17, 15) is 4.79 Å². The van der Waals surface area contributed by atoms with E-state index in [1.54, 1.807) is 6.07 Å². The van der Waals surface area contributed by atoms with Crippen molar-refractivity contribution in [3.63, 3.8) is 0 Å². The second-order valence-electron chi connectivity index (χ2n) is 5.07. The molecule has 1 heterocycles. The Morgan fingerprint density at radius 1 is 1.50 bits per heavy atom. The minimum atomic E-state index is -0.0412. The van der Waals surface area contributed by atoms with Gasteiger partial charge in [-0.25, -0.2) is 4.98 Å². The minimum Gasteiger partial charge on any atom is -0.335 e. The van der Waals surface area contributed by atoms with Gasteiger partial charge in [-0.15, -0.1) is 0 Å². The number of pyridine rings is 1. The Morgan fingerprint density at radius 2 is 2.17 bits per heavy atom. The first-order valence-electron chi connectivity index (χ1n) is 6.11. The zero-order chi connectivity index (χ0) is 13.3. The molecular formula is C13H16Cl2N2O. The molecule has 0 unspecified atom stereocenters. The third kappa shape index (κ3) is 3.15. The van der Waals surface area contributed by atoms with Crippen molar-refractivity contribution in [1.29, 1.82) is 0 Å². The lowest BCUT2D eigenvalue weighted by Gasteiger charge is -2.24. The third-order valence-electron chi connectivity index (χ3n) is 2.86. The number of rotatable bonds is 4. The molecule has 1 amide bonds. The van der Waals surface area contributed by atoms with Crippen LogP contribution in [0.15, 0.2) is 12.3 Å². The molecule has 98 valence electrons. The summed E-state index contributed by atoms with van der Waals surface area (Å²) in [4.78, 5) is 18.3. The van der Waals surface area contributed by atoms with E-state index >= 15 is 0 Å². The van der Waals surface area contributed by atoms with E-state index in [0.717, 1.165) is 19.4 Å². The first kappa shape index (κ1) is 13.6. The molecule has 1 aromatic heterocycles. The minimum absolute atomic E-state index is 0.0412. The van der Waals surface area contributed by atoms with E-state index in [1.165, 1.54) is 6.20 Å². The van der Waals surface area contributed by atoms with Gasteiger partial charge in [-0.05, 0) is 24.8 Å². The fourth-order valence-electron chi connectivity index (χ4n) is 1.91. The summed E-state index contributed by atoms with van der Waals surface area (Å²) in [5, 5.41) is 0.654. The molecule has 0 saturated heterocycles. The van der Waals surface area contributed by atoms with Crippen LogP contribution < -0.4 is 0 Å². The molecule has 3 nitrogen and oxygen atoms in total. The van der Waals surface area contributed by atoms with Gasteiger partial charge >= 0.3 is 0 Å². The number of halogens is 2. The van der Waals surface area contributed by atoms with Gasteiger partial charge in [-0.1, -0.05) is 37.0 Å². The van der Waals surface area contributed by atoms with E-state index in [0.29, 0.717) is 27.7 Å². The van der Waals surface area contributed by atoms with E-state index in [2.05, 4.69) is 18.8 Å². The topological polar surface area (TPSA) is 33.2 Å². The second kappa shape index (κ2) is 5.45. The molecule has 0 atom stereocenters. The summed E-state index contributed by atoms with van der Waals surface area (Å²) < 4.78 is 0. The molecule has 0 bridgehead atoms. The molecule has 0 spiro atoms. The van der Waals surface area contributed by atoms with Crippen LogP contribution in [0.3, 0.4) is 0 Å². The number of amides is 1. The molecular weight excluding hydrogens is 271 g/mol. The maximum absolute atomic E-state index is 12.5. The van der Waals surface area contributed by atoms with Gasteiger partial charge in [-0.2, -0.15) is 0 Å². The van der Waals surface area contributed by atoms with E-state index < -0.39 is 0 Å². The fraction of sp³-hybridized carbons (Fsp3) is 0.538. The van der Waals surface area contributed by atoms with Gasteiger partial charge in [-0.3, -0.25) is 4.79 Å². The average molecular weight is 287 g/mol. The summed E-state index contributed by atoms with van der Waals surface area (Å²) >= 11 is 11.9. The predicted octanol–water partition coefficient (Wildman–Crippen LogP) is 3.65. The van der Waals surface area contributed by atoms with Gasteiger partial charge in [0, 0.05) is 18.8 Å². The first-order chi connectivity index (χ1) is 8.49. The van der Waals surface area contributed by atoms with Crippen LogP contribution in [0.5, 0.6) is 0 Å². The van der Waals surface area contributed by atoms with Crippen molar-refractivity contribution < 1.29 is 4.79 Å². The highest BCUT2D eigenvalue weighted by Gasteiger charge is 2.34. The van der Waals surface area contributed by atoms with Gasteiger partial charge in [0.2, 0.25) is 0 Å². The van der Waals surface area contributed by atoms with Crippen molar-refractivity contribution in [2.24, 2.45) is 5.92 Å². The summed E-state index contributed by atoms with van der Waals surface area (Å²) in [6, 6.07) is 1.91. The third-order valence-corrected chi connectivity index (χ3v) is 3.37. The van der Waals surface area contributed by atoms with E-state index in [4.69, 9.17) is 23.2 Å². The summed E-state index contributed by atoms with van der Waals surface area (Å²) in [6.45, 7) is 4.95. The Bertz CT molecular complexity index is 458. The van der Waals surface area contributed by atoms with Crippen LogP contribution in [0.2, 0.25) is 10.2 Å². The lowest BCUT2D eigenvalue weighted by molar-refractivity contribution is 0.0722. The van der Waals surface area contributed by atoms with Crippen LogP contribution in [0.4, 0.5) is 0 Å². The molecule has 1 aromatic rings. The Labute approximate surface area is 117 Å². The number of hydrogen-bond acceptors (Lipinski definition) is 2. The van der Waals surface area contributed by atoms with Crippen molar-refractivity contribution in [3.05, 3.63) is 28.0 Å². The maximum Gasteiger partial charge on any atom is 0.255 e. The average Bonchev–Trinajstić information content (AvgIpc) is 3.12. The van der Waals surface area contributed by atoms with Crippen molar-refractivity contribution in [1.82, 2.24) is 9.88 Å². The maximum atomic E-state index is 12.5. The lowest BCUT2D eigenvalue weighted by atomic mass is 10.1. The first-order valence-corrected chi connectivity index (χ1v) is 6.86. The summed E-state index contributed by atoms with van der Waals surface area (Å²) in [5.74, 6) is 0.395. The second-order valence-corrected chi connectivity index (χ2v) is 5.86. The molecule has 18 heavy (non-hydrogen) atoms. The molecule has 1 saturated carbocycles. The van der Waals surface area contributed by atoms with Crippen molar-refractivity contribution >= 4 is 29.1 Å². The van der Waals surface area contributed by atoms with E-state index in [1.807, 2.05) is 4.90 Å². The zero-order valence-corrected chi connectivity index (χ0v) is 12.0. The van der Waals surface area contributed by atoms with Crippen LogP contribution in [0.1, 0.15) is 37.0 Å². The molecule has 0 N–H and O–H groups in total. The number of carbonyl (C=O) groups is 1. The SMILES string of the molecule is CC(C)CN(C(=O)c1cc(Cl)ncc1Cl)C1CC1. The van der Waals surface area contributed by atoms with Crippen LogP contribution in [0, 0.1) is 5.92 Å². The Kier molecular flexibility index (Phi) is 4.13. The number of carbonyl (C=O) groups excluding carboxylic acids is 1. The van der Waals surface area contributed by atoms with Crippen molar-refractivity contribution in [3.8, 4) is 0 Å². The molecule has 1 aliphatic rings. The Hall–Kier alpha value is -0.800. The van der Waals surface area contributed by atoms with Crippen LogP contribution >= 0.6 is 23.2 Å². The Balaban J connectivity index is 2.24. The fourth-order valence-corrected chi connectivity index (χ4v) is 2.25. The van der Waals surface area contributed by atoms with Crippen molar-refractivity contribution in [2.75, 3.05) is 6.54 Å². The smallest absolute Gasteiger partial charge is 0.255 e. The summed E-state index contributed by atoms with van der Waals surface area (Å²) in [5.41, 5.74) is 0.448. The van der Waals surface area contributed by atoms with Gasteiger partial charge in [0.1, 0.15) is 5.15 Å². The largest absolute Gasteiger partial charge is 0.335 e. The molecule has 0 radical (unpaired) electrons. The van der Waals surface area contributed by atoms with Gasteiger partial charge in [0.25, 0.3) is 5.91 Å². The highest BCUT2D eigenvalue weighted by Crippen LogP contribution is 2.30. The summed E-state index contributed by atoms with van der Waals surface area (Å²) in [7, 11) is 0. The van der Waals surface area contributed by atoms with Crippen molar-refractivity contribution in [2.45, 2.75) is 32.7 Å². The standard InChI is InChI=1S/C13H16Cl2N2O/c1-8(2)7-17(9-3-4-9)13(18)10-5-12(15)16-6-11(10)14/h5-6,8-9H,3-4,7H2,1-2H3. The number of hydrogen-bond donors (Lipinski definition) is 0. The van der Waals surface area contributed by atoms with Crippen LogP contribution in [-0.4, -0.2) is 28.4 Å². The number of aromatic nitrogens is 1. The van der Waals surface area contributed by atoms with E-state index in [-0.39, 0.29) is 5.91 Å². The quantitative estimate of drug-likeness (QED) is 0.792. The van der Waals surface area contributed by atoms with Gasteiger partial charge in [0.15, 0.2) is 0 Å². The lowest BCUT2D eigenvalue weighted by Crippen LogP contribution is -2.36. The molecule has 5 heteroatoms. The molecule has 0 aromatic carbocycles. The normalized spacial score (nSPS) is 14.9. The zero-order valence-electron chi connectivity index (χ0n) is 10.5. The highest BCUT2D eigenvalue weighted by molar-refractivity contribution is 6.35. The summed E-state index contributed by atoms with van der Waals surface area (Å²) in [6.07, 6.45) is 3.58. The Morgan fingerprint density at radius 3 is 2.72 bits per heavy atom. The predicted molar refractivity (Wildman–Crippen MR) is 73.2 cm³/mol. The molecule has 1 aliphatic carbocycles. The van der Waals surface area contributed by atoms with Gasteiger partial charge in [0.05, 0.1) is 10.6 Å². The molecule has 2 rings (SSSR count). The molecule has 0 aliphatic heterocycles. The van der Waals surface area contributed by atoms with Crippen LogP contribution in [0.25, 0.3) is 0 Å². The number of nitrogens with zero attached hydrogens (tertiary/aromatic N) is 2. The highest BCUT2D eigenvalue weighted by atomic mass is 35.5.